The number of hydrogen-bond acceptors (Lipinski definition) is 3. The third-order valence-corrected chi connectivity index (χ3v) is 7.12. The molecule has 1 atom stereocenters. The molecule has 29 heavy (non-hydrogen) atoms. The molecule has 154 valence electrons. The van der Waals surface area contributed by atoms with Gasteiger partial charge in [-0.2, -0.15) is 0 Å². The summed E-state index contributed by atoms with van der Waals surface area (Å²) in [6, 6.07) is 13.0. The third-order valence-electron chi connectivity index (χ3n) is 5.03. The lowest BCUT2D eigenvalue weighted by molar-refractivity contribution is 0.0683. The number of halogens is 1. The summed E-state index contributed by atoms with van der Waals surface area (Å²) in [5.41, 5.74) is 0.744. The maximum Gasteiger partial charge on any atom is 0.264 e. The molecule has 0 bridgehead atoms. The maximum atomic E-state index is 13.4. The molecular formula is C22H25ClN2O3S. The zero-order valence-corrected chi connectivity index (χ0v) is 18.0. The number of benzene rings is 2. The fourth-order valence-electron chi connectivity index (χ4n) is 3.57. The molecule has 1 saturated heterocycles. The second-order valence-corrected chi connectivity index (χ2v) is 9.57. The Labute approximate surface area is 177 Å². The van der Waals surface area contributed by atoms with Gasteiger partial charge in [0.05, 0.1) is 22.2 Å². The molecule has 5 nitrogen and oxygen atoms in total. The van der Waals surface area contributed by atoms with Gasteiger partial charge in [-0.1, -0.05) is 42.8 Å². The monoisotopic (exact) mass is 432 g/mol. The molecule has 1 unspecified atom stereocenters. The van der Waals surface area contributed by atoms with Crippen molar-refractivity contribution in [3.05, 3.63) is 71.8 Å². The third kappa shape index (κ3) is 4.65. The van der Waals surface area contributed by atoms with Crippen LogP contribution in [0, 0.1) is 5.92 Å². The van der Waals surface area contributed by atoms with E-state index in [9.17, 15) is 13.2 Å². The van der Waals surface area contributed by atoms with Gasteiger partial charge in [-0.3, -0.25) is 9.10 Å². The second kappa shape index (κ2) is 9.01. The Morgan fingerprint density at radius 3 is 2.72 bits per heavy atom. The van der Waals surface area contributed by atoms with Crippen molar-refractivity contribution in [3.8, 4) is 0 Å². The van der Waals surface area contributed by atoms with Gasteiger partial charge >= 0.3 is 0 Å². The lowest BCUT2D eigenvalue weighted by atomic mass is 9.99. The lowest BCUT2D eigenvalue weighted by Gasteiger charge is -2.31. The van der Waals surface area contributed by atoms with Gasteiger partial charge in [-0.25, -0.2) is 8.42 Å². The van der Waals surface area contributed by atoms with Crippen LogP contribution in [0.2, 0.25) is 5.02 Å². The first-order chi connectivity index (χ1) is 13.8. The zero-order chi connectivity index (χ0) is 21.0. The number of rotatable bonds is 6. The number of carbonyl (C=O) groups is 1. The normalized spacial score (nSPS) is 17.0. The molecule has 1 aliphatic rings. The van der Waals surface area contributed by atoms with E-state index in [0.717, 1.165) is 12.8 Å². The van der Waals surface area contributed by atoms with Gasteiger partial charge in [0, 0.05) is 18.7 Å². The van der Waals surface area contributed by atoms with E-state index in [1.54, 1.807) is 41.3 Å². The molecule has 1 aliphatic heterocycles. The molecule has 0 aromatic heterocycles. The first-order valence-corrected chi connectivity index (χ1v) is 11.4. The molecule has 3 rings (SSSR count). The van der Waals surface area contributed by atoms with Crippen LogP contribution in [0.1, 0.15) is 30.1 Å². The number of sulfonamides is 1. The standard InChI is InChI=1S/C22H25ClN2O3S/c1-3-13-25(21-12-5-4-11-20(21)23)29(27,28)19-10-6-9-18(15-19)22(26)24-14-7-8-17(2)16-24/h3-6,9-12,15,17H,1,7-8,13-14,16H2,2H3. The summed E-state index contributed by atoms with van der Waals surface area (Å²) in [5.74, 6) is 0.310. The van der Waals surface area contributed by atoms with Crippen LogP contribution in [0.3, 0.4) is 0 Å². The van der Waals surface area contributed by atoms with Gasteiger partial charge in [0.25, 0.3) is 15.9 Å². The van der Waals surface area contributed by atoms with Crippen LogP contribution in [0.25, 0.3) is 0 Å². The van der Waals surface area contributed by atoms with E-state index in [1.165, 1.54) is 22.5 Å². The minimum atomic E-state index is -3.93. The van der Waals surface area contributed by atoms with Gasteiger partial charge in [0.1, 0.15) is 0 Å². The number of likely N-dealkylation sites (tertiary alicyclic amines) is 1. The van der Waals surface area contributed by atoms with Crippen LogP contribution in [0.15, 0.2) is 66.1 Å². The Hall–Kier alpha value is -2.31. The summed E-state index contributed by atoms with van der Waals surface area (Å²) >= 11 is 6.24. The van der Waals surface area contributed by atoms with Crippen molar-refractivity contribution in [1.29, 1.82) is 0 Å². The fraction of sp³-hybridized carbons (Fsp3) is 0.318. The molecule has 0 spiro atoms. The fourth-order valence-corrected chi connectivity index (χ4v) is 5.36. The van der Waals surface area contributed by atoms with Gasteiger partial charge < -0.3 is 4.90 Å². The van der Waals surface area contributed by atoms with E-state index < -0.39 is 10.0 Å². The molecule has 0 saturated carbocycles. The Kier molecular flexibility index (Phi) is 6.65. The molecule has 2 aromatic carbocycles. The summed E-state index contributed by atoms with van der Waals surface area (Å²) in [4.78, 5) is 14.8. The molecule has 1 amide bonds. The van der Waals surface area contributed by atoms with Crippen LogP contribution >= 0.6 is 11.6 Å². The predicted octanol–water partition coefficient (Wildman–Crippen LogP) is 4.59. The van der Waals surface area contributed by atoms with Crippen molar-refractivity contribution < 1.29 is 13.2 Å². The van der Waals surface area contributed by atoms with Gasteiger partial charge in [0.2, 0.25) is 0 Å². The Morgan fingerprint density at radius 2 is 2.03 bits per heavy atom. The van der Waals surface area contributed by atoms with E-state index in [2.05, 4.69) is 13.5 Å². The minimum absolute atomic E-state index is 0.0511. The van der Waals surface area contributed by atoms with Crippen molar-refractivity contribution in [3.63, 3.8) is 0 Å². The number of nitrogens with zero attached hydrogens (tertiary/aromatic N) is 2. The van der Waals surface area contributed by atoms with E-state index >= 15 is 0 Å². The van der Waals surface area contributed by atoms with E-state index in [4.69, 9.17) is 11.6 Å². The molecule has 0 N–H and O–H groups in total. The number of anilines is 1. The maximum absolute atomic E-state index is 13.4. The van der Waals surface area contributed by atoms with E-state index in [0.29, 0.717) is 35.3 Å². The summed E-state index contributed by atoms with van der Waals surface area (Å²) in [7, 11) is -3.93. The van der Waals surface area contributed by atoms with Crippen molar-refractivity contribution in [2.24, 2.45) is 5.92 Å². The number of para-hydroxylation sites is 1. The van der Waals surface area contributed by atoms with Crippen LogP contribution in [0.4, 0.5) is 5.69 Å². The molecule has 7 heteroatoms. The van der Waals surface area contributed by atoms with Crippen LogP contribution in [0.5, 0.6) is 0 Å². The second-order valence-electron chi connectivity index (χ2n) is 7.30. The first kappa shape index (κ1) is 21.4. The largest absolute Gasteiger partial charge is 0.338 e. The van der Waals surface area contributed by atoms with Gasteiger partial charge in [-0.15, -0.1) is 6.58 Å². The van der Waals surface area contributed by atoms with Gasteiger partial charge in [-0.05, 0) is 49.1 Å². The van der Waals surface area contributed by atoms with Crippen molar-refractivity contribution >= 4 is 33.2 Å². The highest BCUT2D eigenvalue weighted by atomic mass is 35.5. The molecule has 2 aromatic rings. The minimum Gasteiger partial charge on any atom is -0.338 e. The van der Waals surface area contributed by atoms with E-state index in [-0.39, 0.29) is 17.3 Å². The number of hydrogen-bond donors (Lipinski definition) is 0. The van der Waals surface area contributed by atoms with Crippen molar-refractivity contribution in [2.45, 2.75) is 24.7 Å². The highest BCUT2D eigenvalue weighted by molar-refractivity contribution is 7.92. The number of amides is 1. The molecule has 1 fully saturated rings. The van der Waals surface area contributed by atoms with Crippen LogP contribution in [-0.4, -0.2) is 38.9 Å². The Balaban J connectivity index is 1.96. The first-order valence-electron chi connectivity index (χ1n) is 9.62. The number of piperidine rings is 1. The highest BCUT2D eigenvalue weighted by Gasteiger charge is 2.28. The lowest BCUT2D eigenvalue weighted by Crippen LogP contribution is -2.39. The smallest absolute Gasteiger partial charge is 0.264 e. The topological polar surface area (TPSA) is 57.7 Å². The van der Waals surface area contributed by atoms with Crippen LogP contribution < -0.4 is 4.31 Å². The van der Waals surface area contributed by atoms with E-state index in [1.807, 2.05) is 0 Å². The molecule has 0 aliphatic carbocycles. The summed E-state index contributed by atoms with van der Waals surface area (Å²) in [5, 5.41) is 0.326. The summed E-state index contributed by atoms with van der Waals surface area (Å²) in [6.07, 6.45) is 3.57. The quantitative estimate of drug-likeness (QED) is 0.627. The Morgan fingerprint density at radius 1 is 1.28 bits per heavy atom. The SMILES string of the molecule is C=CCN(c1ccccc1Cl)S(=O)(=O)c1cccc(C(=O)N2CCCC(C)C2)c1. The van der Waals surface area contributed by atoms with Crippen molar-refractivity contribution in [2.75, 3.05) is 23.9 Å². The average Bonchev–Trinajstić information content (AvgIpc) is 2.72. The average molecular weight is 433 g/mol. The van der Waals surface area contributed by atoms with Crippen LogP contribution in [-0.2, 0) is 10.0 Å². The van der Waals surface area contributed by atoms with Gasteiger partial charge in [0.15, 0.2) is 0 Å². The highest BCUT2D eigenvalue weighted by Crippen LogP contribution is 2.30. The summed E-state index contributed by atoms with van der Waals surface area (Å²) in [6.45, 7) is 7.24. The van der Waals surface area contributed by atoms with Crippen molar-refractivity contribution in [1.82, 2.24) is 4.90 Å². The zero-order valence-electron chi connectivity index (χ0n) is 16.4. The predicted molar refractivity (Wildman–Crippen MR) is 117 cm³/mol. The molecule has 0 radical (unpaired) electrons. The molecular weight excluding hydrogens is 408 g/mol. The Bertz CT molecular complexity index is 1010. The summed E-state index contributed by atoms with van der Waals surface area (Å²) < 4.78 is 27.9. The number of carbonyl (C=O) groups excluding carboxylic acids is 1. The molecule has 1 heterocycles.